The third-order valence-corrected chi connectivity index (χ3v) is 3.37. The summed E-state index contributed by atoms with van der Waals surface area (Å²) in [4.78, 5) is 4.23. The predicted molar refractivity (Wildman–Crippen MR) is 90.8 cm³/mol. The van der Waals surface area contributed by atoms with Gasteiger partial charge in [-0.1, -0.05) is 6.07 Å². The third-order valence-electron chi connectivity index (χ3n) is 3.37. The Bertz CT molecular complexity index is 884. The highest BCUT2D eigenvalue weighted by Crippen LogP contribution is 2.30. The van der Waals surface area contributed by atoms with E-state index in [-0.39, 0.29) is 5.95 Å². The maximum Gasteiger partial charge on any atom is 0.416 e. The molecule has 3 aromatic rings. The molecule has 1 aromatic heterocycles. The Balaban J connectivity index is 1.73. The van der Waals surface area contributed by atoms with Crippen LogP contribution in [0.2, 0.25) is 0 Å². The van der Waals surface area contributed by atoms with Gasteiger partial charge in [0.15, 0.2) is 5.82 Å². The number of nitrogens with one attached hydrogen (secondary N) is 2. The van der Waals surface area contributed by atoms with Crippen molar-refractivity contribution in [2.24, 2.45) is 0 Å². The summed E-state index contributed by atoms with van der Waals surface area (Å²) in [6, 6.07) is 11.8. The first-order chi connectivity index (χ1) is 12.4. The van der Waals surface area contributed by atoms with E-state index in [1.807, 2.05) is 12.1 Å². The second-order valence-electron chi connectivity index (χ2n) is 5.22. The van der Waals surface area contributed by atoms with Crippen molar-refractivity contribution in [2.75, 3.05) is 17.7 Å². The summed E-state index contributed by atoms with van der Waals surface area (Å²) in [6.45, 7) is 0. The van der Waals surface area contributed by atoms with Crippen LogP contribution >= 0.6 is 0 Å². The molecule has 0 fully saturated rings. The summed E-state index contributed by atoms with van der Waals surface area (Å²) in [7, 11) is 1.57. The number of rotatable bonds is 5. The zero-order valence-corrected chi connectivity index (χ0v) is 13.6. The molecular formula is C17H14F3N5O. The minimum absolute atomic E-state index is 0.151. The second kappa shape index (κ2) is 7.26. The average molecular weight is 361 g/mol. The number of nitrogens with zero attached hydrogens (tertiary/aromatic N) is 3. The van der Waals surface area contributed by atoms with Crippen LogP contribution in [-0.2, 0) is 6.18 Å². The van der Waals surface area contributed by atoms with Gasteiger partial charge in [-0.05, 0) is 36.4 Å². The Labute approximate surface area is 147 Å². The molecule has 2 N–H and O–H groups in total. The van der Waals surface area contributed by atoms with Gasteiger partial charge >= 0.3 is 6.18 Å². The quantitative estimate of drug-likeness (QED) is 0.702. The number of hydrogen-bond donors (Lipinski definition) is 2. The fourth-order valence-corrected chi connectivity index (χ4v) is 2.14. The molecule has 9 heteroatoms. The number of hydrogen-bond acceptors (Lipinski definition) is 6. The molecule has 0 unspecified atom stereocenters. The van der Waals surface area contributed by atoms with Crippen molar-refractivity contribution in [3.05, 3.63) is 60.3 Å². The molecule has 0 aliphatic rings. The minimum atomic E-state index is -4.38. The van der Waals surface area contributed by atoms with E-state index in [4.69, 9.17) is 4.74 Å². The predicted octanol–water partition coefficient (Wildman–Crippen LogP) is 4.39. The van der Waals surface area contributed by atoms with E-state index in [9.17, 15) is 13.2 Å². The molecule has 0 saturated carbocycles. The van der Waals surface area contributed by atoms with Gasteiger partial charge in [0.25, 0.3) is 0 Å². The normalized spacial score (nSPS) is 11.1. The molecule has 0 aliphatic heterocycles. The average Bonchev–Trinajstić information content (AvgIpc) is 2.62. The summed E-state index contributed by atoms with van der Waals surface area (Å²) in [5, 5.41) is 13.5. The molecule has 26 heavy (non-hydrogen) atoms. The summed E-state index contributed by atoms with van der Waals surface area (Å²) < 4.78 is 42.9. The van der Waals surface area contributed by atoms with Gasteiger partial charge in [-0.15, -0.1) is 5.10 Å². The van der Waals surface area contributed by atoms with Crippen molar-refractivity contribution >= 4 is 23.1 Å². The van der Waals surface area contributed by atoms with Crippen LogP contribution in [0.1, 0.15) is 5.56 Å². The SMILES string of the molecule is COc1cccc(Nc2cnnc(Nc3ccc(C(F)(F)F)cc3)n2)c1. The summed E-state index contributed by atoms with van der Waals surface area (Å²) in [5.74, 6) is 1.25. The second-order valence-corrected chi connectivity index (χ2v) is 5.22. The fraction of sp³-hybridized carbons (Fsp3) is 0.118. The summed E-state index contributed by atoms with van der Waals surface area (Å²) in [6.07, 6.45) is -2.95. The Kier molecular flexibility index (Phi) is 4.87. The number of alkyl halides is 3. The van der Waals surface area contributed by atoms with Gasteiger partial charge in [0, 0.05) is 17.4 Å². The van der Waals surface area contributed by atoms with Crippen molar-refractivity contribution < 1.29 is 17.9 Å². The van der Waals surface area contributed by atoms with Crippen LogP contribution in [0.4, 0.5) is 36.3 Å². The molecule has 0 amide bonds. The van der Waals surface area contributed by atoms with Crippen molar-refractivity contribution in [3.8, 4) is 5.75 Å². The van der Waals surface area contributed by atoms with Crippen molar-refractivity contribution in [2.45, 2.75) is 6.18 Å². The summed E-state index contributed by atoms with van der Waals surface area (Å²) in [5.41, 5.74) is 0.430. The van der Waals surface area contributed by atoms with E-state index in [1.54, 1.807) is 19.2 Å². The standard InChI is InChI=1S/C17H14F3N5O/c1-26-14-4-2-3-13(9-14)22-15-10-21-25-16(24-15)23-12-7-5-11(6-8-12)17(18,19)20/h2-10H,1H3,(H2,22,23,24,25). The van der Waals surface area contributed by atoms with Gasteiger partial charge in [-0.2, -0.15) is 23.3 Å². The van der Waals surface area contributed by atoms with Crippen molar-refractivity contribution in [3.63, 3.8) is 0 Å². The van der Waals surface area contributed by atoms with Gasteiger partial charge in [0.2, 0.25) is 5.95 Å². The van der Waals surface area contributed by atoms with E-state index in [0.717, 1.165) is 17.8 Å². The fourth-order valence-electron chi connectivity index (χ4n) is 2.14. The lowest BCUT2D eigenvalue weighted by Crippen LogP contribution is -2.05. The molecule has 0 aliphatic carbocycles. The minimum Gasteiger partial charge on any atom is -0.497 e. The number of methoxy groups -OCH3 is 1. The number of ether oxygens (including phenoxy) is 1. The van der Waals surface area contributed by atoms with Gasteiger partial charge in [-0.25, -0.2) is 0 Å². The van der Waals surface area contributed by atoms with Crippen LogP contribution in [0, 0.1) is 0 Å². The van der Waals surface area contributed by atoms with Crippen LogP contribution in [0.15, 0.2) is 54.7 Å². The molecule has 3 rings (SSSR count). The van der Waals surface area contributed by atoms with Crippen LogP contribution in [0.3, 0.4) is 0 Å². The van der Waals surface area contributed by atoms with Crippen LogP contribution in [0.25, 0.3) is 0 Å². The van der Waals surface area contributed by atoms with Gasteiger partial charge in [0.05, 0.1) is 18.9 Å². The zero-order chi connectivity index (χ0) is 18.6. The number of aromatic nitrogens is 3. The first-order valence-corrected chi connectivity index (χ1v) is 7.49. The van der Waals surface area contributed by atoms with E-state index >= 15 is 0 Å². The molecular weight excluding hydrogens is 347 g/mol. The first kappa shape index (κ1) is 17.5. The molecule has 2 aromatic carbocycles. The van der Waals surface area contributed by atoms with Crippen LogP contribution in [0.5, 0.6) is 5.75 Å². The number of benzene rings is 2. The Hall–Kier alpha value is -3.36. The molecule has 0 spiro atoms. The third kappa shape index (κ3) is 4.38. The lowest BCUT2D eigenvalue weighted by Gasteiger charge is -2.10. The lowest BCUT2D eigenvalue weighted by molar-refractivity contribution is -0.137. The Morgan fingerprint density at radius 2 is 1.73 bits per heavy atom. The monoisotopic (exact) mass is 361 g/mol. The van der Waals surface area contributed by atoms with Gasteiger partial charge < -0.3 is 15.4 Å². The van der Waals surface area contributed by atoms with Crippen LogP contribution in [-0.4, -0.2) is 22.3 Å². The molecule has 0 atom stereocenters. The molecule has 0 saturated heterocycles. The molecule has 0 bridgehead atoms. The van der Waals surface area contributed by atoms with E-state index in [1.165, 1.54) is 18.3 Å². The largest absolute Gasteiger partial charge is 0.497 e. The van der Waals surface area contributed by atoms with E-state index < -0.39 is 11.7 Å². The Morgan fingerprint density at radius 1 is 0.962 bits per heavy atom. The maximum atomic E-state index is 12.6. The van der Waals surface area contributed by atoms with Gasteiger partial charge in [-0.3, -0.25) is 0 Å². The van der Waals surface area contributed by atoms with Crippen LogP contribution < -0.4 is 15.4 Å². The number of halogens is 3. The summed E-state index contributed by atoms with van der Waals surface area (Å²) >= 11 is 0. The highest BCUT2D eigenvalue weighted by molar-refractivity contribution is 5.60. The Morgan fingerprint density at radius 3 is 2.42 bits per heavy atom. The molecule has 1 heterocycles. The maximum absolute atomic E-state index is 12.6. The smallest absolute Gasteiger partial charge is 0.416 e. The van der Waals surface area contributed by atoms with E-state index in [2.05, 4.69) is 25.8 Å². The van der Waals surface area contributed by atoms with Crippen molar-refractivity contribution in [1.29, 1.82) is 0 Å². The highest BCUT2D eigenvalue weighted by Gasteiger charge is 2.29. The van der Waals surface area contributed by atoms with E-state index in [0.29, 0.717) is 17.3 Å². The molecule has 6 nitrogen and oxygen atoms in total. The highest BCUT2D eigenvalue weighted by atomic mass is 19.4. The topological polar surface area (TPSA) is 72.0 Å². The van der Waals surface area contributed by atoms with Gasteiger partial charge in [0.1, 0.15) is 5.75 Å². The lowest BCUT2D eigenvalue weighted by atomic mass is 10.2. The molecule has 134 valence electrons. The zero-order valence-electron chi connectivity index (χ0n) is 13.6. The van der Waals surface area contributed by atoms with Crippen molar-refractivity contribution in [1.82, 2.24) is 15.2 Å². The molecule has 0 radical (unpaired) electrons. The number of anilines is 4. The first-order valence-electron chi connectivity index (χ1n) is 7.49.